The molecule has 1 rings (SSSR count). The molecular weight excluding hydrogens is 124 g/mol. The van der Waals surface area contributed by atoms with Crippen LogP contribution >= 0.6 is 0 Å². The number of rotatable bonds is 3. The molecule has 1 N–H and O–H groups in total. The molecule has 0 radical (unpaired) electrons. The van der Waals surface area contributed by atoms with Crippen molar-refractivity contribution < 1.29 is 12.0 Å². The molecule has 0 atom stereocenters. The molecule has 0 aliphatic heterocycles. The van der Waals surface area contributed by atoms with Crippen molar-refractivity contribution in [1.82, 2.24) is 0 Å². The third-order valence-electron chi connectivity index (χ3n) is 1.14. The molecule has 0 heterocycles. The highest BCUT2D eigenvalue weighted by molar-refractivity contribution is 5.14. The predicted octanol–water partition coefficient (Wildman–Crippen LogP) is 1.61. The molecule has 0 aliphatic rings. The number of aliphatic hydroxyl groups is 1. The Balaban J connectivity index is 3.26. The summed E-state index contributed by atoms with van der Waals surface area (Å²) in [6, 6.07) is -1.35. The van der Waals surface area contributed by atoms with E-state index >= 15 is 0 Å². The highest BCUT2D eigenvalue weighted by atomic mass is 16.2. The minimum atomic E-state index is -0.377. The Morgan fingerprint density at radius 2 is 2.00 bits per heavy atom. The lowest BCUT2D eigenvalue weighted by atomic mass is 10.1. The SMILES string of the molecule is [2H]c1c([2H])c([2H])c(CCCO)c([2H])c1[2H]. The molecule has 0 saturated heterocycles. The summed E-state index contributed by atoms with van der Waals surface area (Å²) >= 11 is 0. The minimum absolute atomic E-state index is 0.0534. The topological polar surface area (TPSA) is 20.2 Å². The second-order valence-corrected chi connectivity index (χ2v) is 1.93. The standard InChI is InChI=1S/C9H12O/c10-8-4-7-9-5-2-1-3-6-9/h1-3,5-6,10H,4,7-8H2/i1D,2D,3D,5D,6D. The maximum absolute atomic E-state index is 8.65. The molecule has 0 unspecified atom stereocenters. The van der Waals surface area contributed by atoms with Gasteiger partial charge in [0.15, 0.2) is 0 Å². The van der Waals surface area contributed by atoms with Gasteiger partial charge in [0.2, 0.25) is 0 Å². The van der Waals surface area contributed by atoms with Crippen LogP contribution < -0.4 is 0 Å². The van der Waals surface area contributed by atoms with Crippen LogP contribution in [0.3, 0.4) is 0 Å². The van der Waals surface area contributed by atoms with Crippen molar-refractivity contribution in [2.75, 3.05) is 6.61 Å². The van der Waals surface area contributed by atoms with Crippen LogP contribution in [0.5, 0.6) is 0 Å². The molecule has 0 amide bonds. The van der Waals surface area contributed by atoms with E-state index in [1.807, 2.05) is 0 Å². The summed E-state index contributed by atoms with van der Waals surface area (Å²) in [7, 11) is 0. The van der Waals surface area contributed by atoms with E-state index in [1.165, 1.54) is 0 Å². The minimum Gasteiger partial charge on any atom is -0.396 e. The third kappa shape index (κ3) is 2.19. The third-order valence-corrected chi connectivity index (χ3v) is 1.14. The highest BCUT2D eigenvalue weighted by Gasteiger charge is 1.87. The fraction of sp³-hybridized carbons (Fsp3) is 0.333. The number of aliphatic hydroxyl groups excluding tert-OH is 1. The van der Waals surface area contributed by atoms with Crippen LogP contribution in [0, 0.1) is 0 Å². The molecule has 0 aromatic heterocycles. The molecule has 1 aromatic rings. The smallest absolute Gasteiger partial charge is 0.0626 e. The van der Waals surface area contributed by atoms with Gasteiger partial charge in [-0.3, -0.25) is 0 Å². The first-order valence-corrected chi connectivity index (χ1v) is 3.17. The number of hydrogen-bond donors (Lipinski definition) is 1. The van der Waals surface area contributed by atoms with Gasteiger partial charge in [-0.15, -0.1) is 0 Å². The van der Waals surface area contributed by atoms with Crippen LogP contribution in [-0.2, 0) is 6.42 Å². The fourth-order valence-corrected chi connectivity index (χ4v) is 0.657. The van der Waals surface area contributed by atoms with E-state index in [9.17, 15) is 0 Å². The first-order valence-electron chi connectivity index (χ1n) is 5.67. The number of hydrogen-bond acceptors (Lipinski definition) is 1. The molecule has 1 nitrogen and oxygen atoms in total. The van der Waals surface area contributed by atoms with Crippen molar-refractivity contribution in [2.45, 2.75) is 12.8 Å². The van der Waals surface area contributed by atoms with E-state index in [4.69, 9.17) is 12.0 Å². The van der Waals surface area contributed by atoms with E-state index in [2.05, 4.69) is 0 Å². The average Bonchev–Trinajstić information content (AvgIpc) is 2.24. The van der Waals surface area contributed by atoms with Crippen molar-refractivity contribution in [1.29, 1.82) is 0 Å². The zero-order chi connectivity index (χ0) is 11.6. The van der Waals surface area contributed by atoms with Gasteiger partial charge in [0, 0.05) is 6.61 Å². The van der Waals surface area contributed by atoms with Crippen molar-refractivity contribution in [3.8, 4) is 0 Å². The maximum Gasteiger partial charge on any atom is 0.0626 e. The van der Waals surface area contributed by atoms with Crippen LogP contribution in [0.4, 0.5) is 0 Å². The predicted molar refractivity (Wildman–Crippen MR) is 41.8 cm³/mol. The Morgan fingerprint density at radius 3 is 2.60 bits per heavy atom. The summed E-state index contributed by atoms with van der Waals surface area (Å²) in [4.78, 5) is 0. The maximum atomic E-state index is 8.65. The van der Waals surface area contributed by atoms with Crippen LogP contribution in [0.1, 0.15) is 18.8 Å². The lowest BCUT2D eigenvalue weighted by Gasteiger charge is -1.96. The van der Waals surface area contributed by atoms with Gasteiger partial charge in [0.05, 0.1) is 6.85 Å². The van der Waals surface area contributed by atoms with Crippen molar-refractivity contribution >= 4 is 0 Å². The monoisotopic (exact) mass is 141 g/mol. The molecule has 0 fully saturated rings. The summed E-state index contributed by atoms with van der Waals surface area (Å²) in [5.74, 6) is 0. The molecule has 1 heteroatoms. The Hall–Kier alpha value is -0.820. The molecule has 54 valence electrons. The van der Waals surface area contributed by atoms with E-state index in [0.717, 1.165) is 0 Å². The quantitative estimate of drug-likeness (QED) is 0.678. The largest absolute Gasteiger partial charge is 0.396 e. The normalized spacial score (nSPS) is 16.7. The molecule has 0 saturated carbocycles. The Morgan fingerprint density at radius 1 is 1.30 bits per heavy atom. The van der Waals surface area contributed by atoms with Crippen LogP contribution in [-0.4, -0.2) is 11.7 Å². The molecule has 0 spiro atoms. The van der Waals surface area contributed by atoms with Gasteiger partial charge in [0.25, 0.3) is 0 Å². The summed E-state index contributed by atoms with van der Waals surface area (Å²) in [6.45, 7) is -0.0534. The first kappa shape index (κ1) is 3.05. The Bertz CT molecular complexity index is 348. The fourth-order valence-electron chi connectivity index (χ4n) is 0.657. The van der Waals surface area contributed by atoms with E-state index in [0.29, 0.717) is 12.8 Å². The van der Waals surface area contributed by atoms with Gasteiger partial charge in [-0.05, 0) is 18.4 Å². The van der Waals surface area contributed by atoms with Gasteiger partial charge < -0.3 is 5.11 Å². The Kier molecular flexibility index (Phi) is 1.24. The summed E-state index contributed by atoms with van der Waals surface area (Å²) in [5, 5.41) is 8.65. The van der Waals surface area contributed by atoms with E-state index < -0.39 is 0 Å². The molecule has 0 aliphatic carbocycles. The highest BCUT2D eigenvalue weighted by Crippen LogP contribution is 2.00. The van der Waals surface area contributed by atoms with Gasteiger partial charge in [-0.1, -0.05) is 30.2 Å². The zero-order valence-corrected chi connectivity index (χ0v) is 5.57. The second kappa shape index (κ2) is 4.07. The number of benzene rings is 1. The first-order chi connectivity index (χ1) is 7.00. The van der Waals surface area contributed by atoms with Crippen molar-refractivity contribution in [3.63, 3.8) is 0 Å². The lowest BCUT2D eigenvalue weighted by Crippen LogP contribution is -1.87. The van der Waals surface area contributed by atoms with E-state index in [-0.39, 0.29) is 42.4 Å². The van der Waals surface area contributed by atoms with Gasteiger partial charge in [0.1, 0.15) is 0 Å². The Labute approximate surface area is 68.3 Å². The van der Waals surface area contributed by atoms with Crippen LogP contribution in [0.15, 0.2) is 30.2 Å². The summed E-state index contributed by atoms with van der Waals surface area (Å²) in [5.41, 5.74) is 0.273. The second-order valence-electron chi connectivity index (χ2n) is 1.93. The zero-order valence-electron chi connectivity index (χ0n) is 10.6. The van der Waals surface area contributed by atoms with Gasteiger partial charge in [-0.25, -0.2) is 0 Å². The molecule has 10 heavy (non-hydrogen) atoms. The van der Waals surface area contributed by atoms with Crippen molar-refractivity contribution in [3.05, 3.63) is 35.8 Å². The average molecular weight is 141 g/mol. The lowest BCUT2D eigenvalue weighted by molar-refractivity contribution is 0.288. The molecule has 1 aromatic carbocycles. The summed E-state index contributed by atoms with van der Waals surface area (Å²) in [6.07, 6.45) is 0.695. The summed E-state index contributed by atoms with van der Waals surface area (Å²) < 4.78 is 37.3. The van der Waals surface area contributed by atoms with Gasteiger partial charge in [-0.2, -0.15) is 0 Å². The molecule has 0 bridgehead atoms. The molecular formula is C9H12O. The van der Waals surface area contributed by atoms with Crippen LogP contribution in [0.25, 0.3) is 0 Å². The van der Waals surface area contributed by atoms with Crippen molar-refractivity contribution in [2.24, 2.45) is 0 Å². The van der Waals surface area contributed by atoms with E-state index in [1.54, 1.807) is 0 Å². The van der Waals surface area contributed by atoms with Crippen LogP contribution in [0.2, 0.25) is 0 Å². The van der Waals surface area contributed by atoms with Gasteiger partial charge >= 0.3 is 0 Å².